The van der Waals surface area contributed by atoms with Gasteiger partial charge in [0.05, 0.1) is 4.92 Å². The van der Waals surface area contributed by atoms with E-state index in [2.05, 4.69) is 31.3 Å². The summed E-state index contributed by atoms with van der Waals surface area (Å²) in [5.41, 5.74) is 0.574. The van der Waals surface area contributed by atoms with Crippen molar-refractivity contribution in [3.63, 3.8) is 0 Å². The lowest BCUT2D eigenvalue weighted by molar-refractivity contribution is -0.384. The van der Waals surface area contributed by atoms with Gasteiger partial charge in [-0.15, -0.1) is 0 Å². The molecule has 0 bridgehead atoms. The van der Waals surface area contributed by atoms with E-state index in [0.717, 1.165) is 6.07 Å². The molecule has 2 aromatic carbocycles. The molecule has 0 saturated carbocycles. The molecule has 0 aliphatic rings. The maximum absolute atomic E-state index is 13.4. The molecule has 1 aromatic heterocycles. The predicted molar refractivity (Wildman–Crippen MR) is 93.3 cm³/mol. The normalized spacial score (nSPS) is 10.5. The summed E-state index contributed by atoms with van der Waals surface area (Å²) in [5.74, 6) is -0.949. The van der Waals surface area contributed by atoms with Crippen LogP contribution < -0.4 is 5.32 Å². The van der Waals surface area contributed by atoms with Crippen LogP contribution >= 0.6 is 15.9 Å². The van der Waals surface area contributed by atoms with Crippen molar-refractivity contribution in [2.75, 3.05) is 0 Å². The van der Waals surface area contributed by atoms with Crippen LogP contribution in [0, 0.1) is 15.9 Å². The van der Waals surface area contributed by atoms with E-state index in [-0.39, 0.29) is 23.5 Å². The van der Waals surface area contributed by atoms with Crippen LogP contribution in [0.3, 0.4) is 0 Å². The highest BCUT2D eigenvalue weighted by Crippen LogP contribution is 2.23. The first-order valence-corrected chi connectivity index (χ1v) is 8.10. The fourth-order valence-electron chi connectivity index (χ4n) is 2.33. The number of carbonyl (C=O) groups excluding carboxylic acids is 1. The van der Waals surface area contributed by atoms with Crippen LogP contribution in [0.5, 0.6) is 0 Å². The van der Waals surface area contributed by atoms with Gasteiger partial charge in [-0.1, -0.05) is 15.9 Å². The molecule has 3 rings (SSSR count). The summed E-state index contributed by atoms with van der Waals surface area (Å²) in [4.78, 5) is 26.7. The first kappa shape index (κ1) is 17.7. The van der Waals surface area contributed by atoms with Gasteiger partial charge < -0.3 is 5.32 Å². The highest BCUT2D eigenvalue weighted by Gasteiger charge is 2.19. The lowest BCUT2D eigenvalue weighted by atomic mass is 10.1. The molecule has 0 radical (unpaired) electrons. The van der Waals surface area contributed by atoms with Gasteiger partial charge in [-0.2, -0.15) is 5.10 Å². The average molecular weight is 420 g/mol. The number of hydrogen-bond donors (Lipinski definition) is 1. The standard InChI is InChI=1S/C16H11BrFN5O3/c17-12-3-10(4-13(18)6-12)7-20-16(24)11-1-2-14(15(5-11)23(25)26)22-9-19-8-21-22/h1-6,8-9H,7H2,(H,20,24). The third kappa shape index (κ3) is 3.91. The van der Waals surface area contributed by atoms with E-state index in [0.29, 0.717) is 10.0 Å². The van der Waals surface area contributed by atoms with Gasteiger partial charge in [0.15, 0.2) is 0 Å². The summed E-state index contributed by atoms with van der Waals surface area (Å²) in [6.07, 6.45) is 2.57. The second-order valence-electron chi connectivity index (χ2n) is 5.26. The van der Waals surface area contributed by atoms with Gasteiger partial charge in [0, 0.05) is 22.6 Å². The quantitative estimate of drug-likeness (QED) is 0.505. The summed E-state index contributed by atoms with van der Waals surface area (Å²) in [7, 11) is 0. The smallest absolute Gasteiger partial charge is 0.295 e. The van der Waals surface area contributed by atoms with E-state index in [1.54, 1.807) is 6.07 Å². The van der Waals surface area contributed by atoms with Crippen LogP contribution in [0.4, 0.5) is 10.1 Å². The van der Waals surface area contributed by atoms with E-state index >= 15 is 0 Å². The van der Waals surface area contributed by atoms with Gasteiger partial charge in [0.25, 0.3) is 11.6 Å². The summed E-state index contributed by atoms with van der Waals surface area (Å²) in [6, 6.07) is 8.29. The molecule has 0 atom stereocenters. The maximum atomic E-state index is 13.4. The largest absolute Gasteiger partial charge is 0.348 e. The molecule has 10 heteroatoms. The van der Waals surface area contributed by atoms with Crippen LogP contribution in [-0.2, 0) is 6.54 Å². The number of rotatable bonds is 5. The van der Waals surface area contributed by atoms with Gasteiger partial charge in [-0.25, -0.2) is 14.1 Å². The Morgan fingerprint density at radius 1 is 1.31 bits per heavy atom. The van der Waals surface area contributed by atoms with Crippen molar-refractivity contribution in [1.29, 1.82) is 0 Å². The minimum Gasteiger partial charge on any atom is -0.348 e. The molecule has 0 unspecified atom stereocenters. The Bertz CT molecular complexity index is 958. The Morgan fingerprint density at radius 3 is 2.77 bits per heavy atom. The Kier molecular flexibility index (Phi) is 5.03. The van der Waals surface area contributed by atoms with E-state index in [1.807, 2.05) is 0 Å². The predicted octanol–water partition coefficient (Wildman–Crippen LogP) is 3.01. The summed E-state index contributed by atoms with van der Waals surface area (Å²) < 4.78 is 15.2. The number of aromatic nitrogens is 3. The van der Waals surface area contributed by atoms with Crippen molar-refractivity contribution < 1.29 is 14.1 Å². The molecule has 1 amide bonds. The van der Waals surface area contributed by atoms with Gasteiger partial charge in [-0.3, -0.25) is 14.9 Å². The van der Waals surface area contributed by atoms with Gasteiger partial charge in [0.2, 0.25) is 0 Å². The molecule has 8 nitrogen and oxygen atoms in total. The van der Waals surface area contributed by atoms with E-state index < -0.39 is 16.6 Å². The number of nitro benzene ring substituents is 1. The molecular weight excluding hydrogens is 409 g/mol. The monoisotopic (exact) mass is 419 g/mol. The van der Waals surface area contributed by atoms with Gasteiger partial charge in [-0.05, 0) is 35.9 Å². The van der Waals surface area contributed by atoms with E-state index in [1.165, 1.54) is 41.6 Å². The molecular formula is C16H11BrFN5O3. The first-order valence-electron chi connectivity index (χ1n) is 7.30. The van der Waals surface area contributed by atoms with Crippen LogP contribution in [0.2, 0.25) is 0 Å². The van der Waals surface area contributed by atoms with Crippen molar-refractivity contribution in [3.05, 3.63) is 80.6 Å². The van der Waals surface area contributed by atoms with Crippen molar-refractivity contribution >= 4 is 27.5 Å². The highest BCUT2D eigenvalue weighted by molar-refractivity contribution is 9.10. The second kappa shape index (κ2) is 7.40. The number of carbonyl (C=O) groups is 1. The van der Waals surface area contributed by atoms with Crippen molar-refractivity contribution in [1.82, 2.24) is 20.1 Å². The van der Waals surface area contributed by atoms with Crippen LogP contribution in [0.1, 0.15) is 15.9 Å². The number of amides is 1. The molecule has 0 spiro atoms. The third-order valence-corrected chi connectivity index (χ3v) is 3.93. The van der Waals surface area contributed by atoms with Crippen molar-refractivity contribution in [3.8, 4) is 5.69 Å². The molecule has 3 aromatic rings. The highest BCUT2D eigenvalue weighted by atomic mass is 79.9. The number of nitrogens with zero attached hydrogens (tertiary/aromatic N) is 4. The molecule has 1 heterocycles. The van der Waals surface area contributed by atoms with Crippen LogP contribution in [-0.4, -0.2) is 25.6 Å². The van der Waals surface area contributed by atoms with Gasteiger partial charge in [0.1, 0.15) is 24.2 Å². The number of nitro groups is 1. The summed E-state index contributed by atoms with van der Waals surface area (Å²) in [6.45, 7) is 0.0772. The molecule has 132 valence electrons. The fourth-order valence-corrected chi connectivity index (χ4v) is 2.85. The van der Waals surface area contributed by atoms with E-state index in [4.69, 9.17) is 0 Å². The zero-order valence-electron chi connectivity index (χ0n) is 13.1. The maximum Gasteiger partial charge on any atom is 0.295 e. The number of halogens is 2. The number of hydrogen-bond acceptors (Lipinski definition) is 5. The Morgan fingerprint density at radius 2 is 2.12 bits per heavy atom. The molecule has 26 heavy (non-hydrogen) atoms. The lowest BCUT2D eigenvalue weighted by Gasteiger charge is -2.08. The topological polar surface area (TPSA) is 103 Å². The average Bonchev–Trinajstić information content (AvgIpc) is 3.12. The molecule has 0 aliphatic carbocycles. The van der Waals surface area contributed by atoms with Crippen LogP contribution in [0.25, 0.3) is 5.69 Å². The number of benzene rings is 2. The van der Waals surface area contributed by atoms with E-state index in [9.17, 15) is 19.3 Å². The number of nitrogens with one attached hydrogen (secondary N) is 1. The zero-order valence-corrected chi connectivity index (χ0v) is 14.7. The minimum atomic E-state index is -0.600. The second-order valence-corrected chi connectivity index (χ2v) is 6.18. The zero-order chi connectivity index (χ0) is 18.7. The molecule has 1 N–H and O–H groups in total. The van der Waals surface area contributed by atoms with Gasteiger partial charge >= 0.3 is 0 Å². The first-order chi connectivity index (χ1) is 12.4. The van der Waals surface area contributed by atoms with Crippen molar-refractivity contribution in [2.24, 2.45) is 0 Å². The Labute approximate surface area is 154 Å². The summed E-state index contributed by atoms with van der Waals surface area (Å²) >= 11 is 3.18. The summed E-state index contributed by atoms with van der Waals surface area (Å²) in [5, 5.41) is 17.8. The molecule has 0 fully saturated rings. The SMILES string of the molecule is O=C(NCc1cc(F)cc(Br)c1)c1ccc(-n2cncn2)c([N+](=O)[O-])c1. The third-order valence-electron chi connectivity index (χ3n) is 3.48. The Hall–Kier alpha value is -3.14. The minimum absolute atomic E-state index is 0.0772. The van der Waals surface area contributed by atoms with Crippen LogP contribution in [0.15, 0.2) is 53.5 Å². The fraction of sp³-hybridized carbons (Fsp3) is 0.0625. The van der Waals surface area contributed by atoms with Crippen molar-refractivity contribution in [2.45, 2.75) is 6.54 Å². The Balaban J connectivity index is 1.81. The molecule has 0 aliphatic heterocycles. The molecule has 0 saturated heterocycles. The lowest BCUT2D eigenvalue weighted by Crippen LogP contribution is -2.23.